The monoisotopic (exact) mass is 293 g/mol. The van der Waals surface area contributed by atoms with Crippen LogP contribution in [0.1, 0.15) is 31.9 Å². The quantitative estimate of drug-likeness (QED) is 0.484. The molecule has 0 spiro atoms. The Hall–Kier alpha value is -2.42. The second kappa shape index (κ2) is 7.39. The highest BCUT2D eigenvalue weighted by Crippen LogP contribution is 2.12. The van der Waals surface area contributed by atoms with Gasteiger partial charge in [-0.05, 0) is 6.42 Å². The summed E-state index contributed by atoms with van der Waals surface area (Å²) in [5.41, 5.74) is 2.37. The molecule has 0 bridgehead atoms. The predicted molar refractivity (Wildman–Crippen MR) is 76.6 cm³/mol. The Kier molecular flexibility index (Phi) is 5.27. The predicted octanol–water partition coefficient (Wildman–Crippen LogP) is 1.11. The highest BCUT2D eigenvalue weighted by atomic mass is 16.5. The fraction of sp³-hybridized carbons (Fsp3) is 0.500. The van der Waals surface area contributed by atoms with Crippen LogP contribution in [0.25, 0.3) is 0 Å². The highest BCUT2D eigenvalue weighted by Gasteiger charge is 2.08. The molecule has 0 aliphatic rings. The third-order valence-electron chi connectivity index (χ3n) is 2.53. The molecule has 0 aliphatic carbocycles. The maximum absolute atomic E-state index is 5.49. The van der Waals surface area contributed by atoms with Crippen molar-refractivity contribution in [1.82, 2.24) is 19.9 Å². The number of ether oxygens (including phenoxy) is 1. The molecule has 2 aromatic heterocycles. The highest BCUT2D eigenvalue weighted by molar-refractivity contribution is 5.34. The Morgan fingerprint density at radius 2 is 2.05 bits per heavy atom. The molecular weight excluding hydrogens is 274 g/mol. The van der Waals surface area contributed by atoms with Crippen molar-refractivity contribution < 1.29 is 9.15 Å². The fourth-order valence-electron chi connectivity index (χ4n) is 1.51. The Bertz CT molecular complexity index is 572. The van der Waals surface area contributed by atoms with Crippen molar-refractivity contribution in [3.8, 4) is 6.01 Å². The molecule has 0 aliphatic heterocycles. The number of aromatic nitrogens is 4. The lowest BCUT2D eigenvalue weighted by molar-refractivity contribution is 0.292. The van der Waals surface area contributed by atoms with E-state index < -0.39 is 0 Å². The van der Waals surface area contributed by atoms with Crippen LogP contribution in [0.2, 0.25) is 0 Å². The van der Waals surface area contributed by atoms with E-state index in [4.69, 9.17) is 15.0 Å². The van der Waals surface area contributed by atoms with Crippen molar-refractivity contribution in [1.29, 1.82) is 0 Å². The van der Waals surface area contributed by atoms with Crippen LogP contribution >= 0.6 is 0 Å². The summed E-state index contributed by atoms with van der Waals surface area (Å²) in [7, 11) is 0. The topological polar surface area (TPSA) is 124 Å². The average Bonchev–Trinajstić information content (AvgIpc) is 2.98. The van der Waals surface area contributed by atoms with Gasteiger partial charge in [-0.25, -0.2) is 10.8 Å². The number of hydrazine groups is 1. The second-order valence-electron chi connectivity index (χ2n) is 4.19. The van der Waals surface area contributed by atoms with Gasteiger partial charge in [-0.3, -0.25) is 5.43 Å². The molecule has 2 heterocycles. The second-order valence-corrected chi connectivity index (χ2v) is 4.19. The lowest BCUT2D eigenvalue weighted by atomic mass is 10.4. The first-order valence-corrected chi connectivity index (χ1v) is 6.78. The number of oxazole rings is 1. The molecule has 0 atom stereocenters. The van der Waals surface area contributed by atoms with Gasteiger partial charge >= 0.3 is 6.01 Å². The number of hydrogen-bond acceptors (Lipinski definition) is 9. The summed E-state index contributed by atoms with van der Waals surface area (Å²) in [5.74, 6) is 7.28. The molecule has 0 amide bonds. The van der Waals surface area contributed by atoms with Crippen molar-refractivity contribution in [3.63, 3.8) is 0 Å². The van der Waals surface area contributed by atoms with Crippen molar-refractivity contribution in [2.24, 2.45) is 5.84 Å². The van der Waals surface area contributed by atoms with E-state index in [2.05, 4.69) is 30.7 Å². The van der Waals surface area contributed by atoms with E-state index >= 15 is 0 Å². The summed E-state index contributed by atoms with van der Waals surface area (Å²) in [4.78, 5) is 16.4. The molecule has 0 unspecified atom stereocenters. The van der Waals surface area contributed by atoms with E-state index in [1.54, 1.807) is 6.20 Å². The number of nitrogens with two attached hydrogens (primary N) is 1. The zero-order chi connectivity index (χ0) is 15.1. The molecule has 0 aromatic carbocycles. The van der Waals surface area contributed by atoms with Crippen molar-refractivity contribution in [3.05, 3.63) is 17.8 Å². The molecule has 0 radical (unpaired) electrons. The number of hydrogen-bond donors (Lipinski definition) is 3. The summed E-state index contributed by atoms with van der Waals surface area (Å²) in [5, 5.41) is 3.00. The van der Waals surface area contributed by atoms with Crippen LogP contribution in [-0.2, 0) is 13.0 Å². The smallest absolute Gasteiger partial charge is 0.323 e. The molecule has 4 N–H and O–H groups in total. The fourth-order valence-corrected chi connectivity index (χ4v) is 1.51. The summed E-state index contributed by atoms with van der Waals surface area (Å²) >= 11 is 0. The normalized spacial score (nSPS) is 10.4. The first-order chi connectivity index (χ1) is 10.2. The molecule has 21 heavy (non-hydrogen) atoms. The standard InChI is InChI=1S/C12H19N7O2/c1-3-5-20-12-17-10(16-11(18-12)19-13)15-7-9-14-6-8(4-2)21-9/h6H,3-5,7,13H2,1-2H3,(H2,15,16,17,18,19). The minimum Gasteiger partial charge on any atom is -0.463 e. The minimum absolute atomic E-state index is 0.212. The van der Waals surface area contributed by atoms with E-state index in [9.17, 15) is 0 Å². The maximum atomic E-state index is 5.49. The number of anilines is 2. The van der Waals surface area contributed by atoms with Crippen LogP contribution in [0.4, 0.5) is 11.9 Å². The molecule has 9 nitrogen and oxygen atoms in total. The Morgan fingerprint density at radius 1 is 1.24 bits per heavy atom. The largest absolute Gasteiger partial charge is 0.463 e. The van der Waals surface area contributed by atoms with Gasteiger partial charge in [0.05, 0.1) is 19.3 Å². The van der Waals surface area contributed by atoms with Gasteiger partial charge < -0.3 is 14.5 Å². The summed E-state index contributed by atoms with van der Waals surface area (Å²) in [6.45, 7) is 4.88. The number of aryl methyl sites for hydroxylation is 1. The van der Waals surface area contributed by atoms with Gasteiger partial charge in [0, 0.05) is 6.42 Å². The summed E-state index contributed by atoms with van der Waals surface area (Å²) < 4.78 is 10.9. The molecule has 0 fully saturated rings. The van der Waals surface area contributed by atoms with E-state index in [0.717, 1.165) is 18.6 Å². The van der Waals surface area contributed by atoms with Crippen molar-refractivity contribution in [2.45, 2.75) is 33.2 Å². The van der Waals surface area contributed by atoms with Crippen molar-refractivity contribution in [2.75, 3.05) is 17.3 Å². The van der Waals surface area contributed by atoms with Gasteiger partial charge in [-0.2, -0.15) is 15.0 Å². The van der Waals surface area contributed by atoms with Gasteiger partial charge in [-0.1, -0.05) is 13.8 Å². The zero-order valence-corrected chi connectivity index (χ0v) is 12.1. The molecule has 2 rings (SSSR count). The van der Waals surface area contributed by atoms with Crippen LogP contribution < -0.4 is 21.3 Å². The zero-order valence-electron chi connectivity index (χ0n) is 12.1. The van der Waals surface area contributed by atoms with Crippen LogP contribution in [0.15, 0.2) is 10.6 Å². The molecule has 9 heteroatoms. The minimum atomic E-state index is 0.212. The summed E-state index contributed by atoms with van der Waals surface area (Å²) in [6, 6.07) is 0.212. The number of nitrogens with zero attached hydrogens (tertiary/aromatic N) is 4. The Labute approximate surface area is 122 Å². The Morgan fingerprint density at radius 3 is 2.71 bits per heavy atom. The number of rotatable bonds is 8. The van der Waals surface area contributed by atoms with E-state index in [0.29, 0.717) is 25.0 Å². The van der Waals surface area contributed by atoms with Crippen LogP contribution in [-0.4, -0.2) is 26.5 Å². The van der Waals surface area contributed by atoms with E-state index in [1.165, 1.54) is 0 Å². The van der Waals surface area contributed by atoms with Crippen molar-refractivity contribution >= 4 is 11.9 Å². The van der Waals surface area contributed by atoms with Gasteiger partial charge in [-0.15, -0.1) is 0 Å². The van der Waals surface area contributed by atoms with E-state index in [1.807, 2.05) is 13.8 Å². The first kappa shape index (κ1) is 15.0. The van der Waals surface area contributed by atoms with Gasteiger partial charge in [0.2, 0.25) is 17.8 Å². The first-order valence-electron chi connectivity index (χ1n) is 6.78. The molecule has 2 aromatic rings. The molecular formula is C12H19N7O2. The third-order valence-corrected chi connectivity index (χ3v) is 2.53. The number of nitrogens with one attached hydrogen (secondary N) is 2. The van der Waals surface area contributed by atoms with Crippen LogP contribution in [0.5, 0.6) is 6.01 Å². The third kappa shape index (κ3) is 4.28. The van der Waals surface area contributed by atoms with Gasteiger partial charge in [0.15, 0.2) is 0 Å². The van der Waals surface area contributed by atoms with Gasteiger partial charge in [0.25, 0.3) is 0 Å². The van der Waals surface area contributed by atoms with Gasteiger partial charge in [0.1, 0.15) is 5.76 Å². The summed E-state index contributed by atoms with van der Waals surface area (Å²) in [6.07, 6.45) is 3.36. The number of nitrogen functional groups attached to an aromatic ring is 1. The average molecular weight is 293 g/mol. The lowest BCUT2D eigenvalue weighted by Gasteiger charge is -2.07. The molecule has 114 valence electrons. The SMILES string of the molecule is CCCOc1nc(NN)nc(NCc2ncc(CC)o2)n1. The Balaban J connectivity index is 2.03. The maximum Gasteiger partial charge on any atom is 0.323 e. The van der Waals surface area contributed by atoms with Crippen LogP contribution in [0.3, 0.4) is 0 Å². The lowest BCUT2D eigenvalue weighted by Crippen LogP contribution is -2.14. The molecule has 0 saturated heterocycles. The van der Waals surface area contributed by atoms with E-state index in [-0.39, 0.29) is 12.0 Å². The van der Waals surface area contributed by atoms with Crippen LogP contribution in [0, 0.1) is 0 Å². The molecule has 0 saturated carbocycles.